The molecule has 5 heteroatoms. The largest absolute Gasteiger partial charge is 0.489 e. The van der Waals surface area contributed by atoms with Crippen LogP contribution in [0.15, 0.2) is 12.1 Å². The molecule has 0 amide bonds. The van der Waals surface area contributed by atoms with E-state index in [2.05, 4.69) is 17.2 Å². The summed E-state index contributed by atoms with van der Waals surface area (Å²) in [7, 11) is 0. The highest BCUT2D eigenvalue weighted by atomic mass is 16.5. The summed E-state index contributed by atoms with van der Waals surface area (Å²) in [4.78, 5) is 8.31. The van der Waals surface area contributed by atoms with Crippen molar-refractivity contribution < 1.29 is 9.47 Å². The normalized spacial score (nSPS) is 25.2. The van der Waals surface area contributed by atoms with E-state index in [9.17, 15) is 0 Å². The zero-order valence-corrected chi connectivity index (χ0v) is 12.4. The second-order valence-electron chi connectivity index (χ2n) is 5.92. The van der Waals surface area contributed by atoms with Crippen molar-refractivity contribution in [2.24, 2.45) is 0 Å². The van der Waals surface area contributed by atoms with E-state index in [1.54, 1.807) is 0 Å². The summed E-state index contributed by atoms with van der Waals surface area (Å²) >= 11 is 0. The SMILES string of the molecule is CCC1(c2nc3cc4c(cc3[nH]2)OCCCO4)CCCN1. The molecule has 1 saturated heterocycles. The zero-order valence-electron chi connectivity index (χ0n) is 12.4. The summed E-state index contributed by atoms with van der Waals surface area (Å²) in [5, 5.41) is 3.62. The quantitative estimate of drug-likeness (QED) is 0.891. The Morgan fingerprint density at radius 3 is 2.71 bits per heavy atom. The molecule has 112 valence electrons. The molecular formula is C16H21N3O2. The summed E-state index contributed by atoms with van der Waals surface area (Å²) in [6.45, 7) is 4.69. The van der Waals surface area contributed by atoms with E-state index >= 15 is 0 Å². The van der Waals surface area contributed by atoms with E-state index in [-0.39, 0.29) is 5.54 Å². The van der Waals surface area contributed by atoms with Crippen LogP contribution in [0.2, 0.25) is 0 Å². The van der Waals surface area contributed by atoms with Gasteiger partial charge in [0.05, 0.1) is 29.8 Å². The van der Waals surface area contributed by atoms with E-state index in [1.165, 1.54) is 6.42 Å². The minimum atomic E-state index is -0.00186. The first-order chi connectivity index (χ1) is 10.3. The van der Waals surface area contributed by atoms with Crippen molar-refractivity contribution in [2.45, 2.75) is 38.1 Å². The van der Waals surface area contributed by atoms with Crippen LogP contribution in [-0.4, -0.2) is 29.7 Å². The van der Waals surface area contributed by atoms with Gasteiger partial charge in [0.25, 0.3) is 0 Å². The third-order valence-electron chi connectivity index (χ3n) is 4.65. The number of fused-ring (bicyclic) bond motifs is 2. The van der Waals surface area contributed by atoms with Gasteiger partial charge in [-0.1, -0.05) is 6.92 Å². The highest BCUT2D eigenvalue weighted by molar-refractivity contribution is 5.80. The monoisotopic (exact) mass is 287 g/mol. The number of benzene rings is 1. The lowest BCUT2D eigenvalue weighted by molar-refractivity contribution is 0.297. The first kappa shape index (κ1) is 13.0. The van der Waals surface area contributed by atoms with Crippen LogP contribution in [0.5, 0.6) is 11.5 Å². The molecular weight excluding hydrogens is 266 g/mol. The van der Waals surface area contributed by atoms with Gasteiger partial charge in [-0.05, 0) is 25.8 Å². The van der Waals surface area contributed by atoms with Crippen molar-refractivity contribution in [1.29, 1.82) is 0 Å². The van der Waals surface area contributed by atoms with Gasteiger partial charge in [-0.3, -0.25) is 0 Å². The predicted molar refractivity (Wildman–Crippen MR) is 80.9 cm³/mol. The standard InChI is InChI=1S/C16H21N3O2/c1-2-16(5-3-6-17-16)15-18-11-9-13-14(10-12(11)19-15)21-8-4-7-20-13/h9-10,17H,2-8H2,1H3,(H,18,19). The number of nitrogens with zero attached hydrogens (tertiary/aromatic N) is 1. The fourth-order valence-electron chi connectivity index (χ4n) is 3.37. The van der Waals surface area contributed by atoms with Crippen LogP contribution in [0.4, 0.5) is 0 Å². The topological polar surface area (TPSA) is 59.2 Å². The fraction of sp³-hybridized carbons (Fsp3) is 0.562. The molecule has 0 aliphatic carbocycles. The van der Waals surface area contributed by atoms with Gasteiger partial charge < -0.3 is 19.8 Å². The smallest absolute Gasteiger partial charge is 0.163 e. The van der Waals surface area contributed by atoms with Gasteiger partial charge >= 0.3 is 0 Å². The lowest BCUT2D eigenvalue weighted by Gasteiger charge is -2.25. The lowest BCUT2D eigenvalue weighted by atomic mass is 9.93. The summed E-state index contributed by atoms with van der Waals surface area (Å²) in [6, 6.07) is 4.01. The second kappa shape index (κ2) is 4.91. The minimum Gasteiger partial charge on any atom is -0.489 e. The van der Waals surface area contributed by atoms with Crippen molar-refractivity contribution in [3.05, 3.63) is 18.0 Å². The van der Waals surface area contributed by atoms with Crippen molar-refractivity contribution in [3.8, 4) is 11.5 Å². The van der Waals surface area contributed by atoms with Crippen LogP contribution < -0.4 is 14.8 Å². The van der Waals surface area contributed by atoms with Gasteiger partial charge in [0, 0.05) is 18.6 Å². The minimum absolute atomic E-state index is 0.00186. The molecule has 3 heterocycles. The van der Waals surface area contributed by atoms with Gasteiger partial charge in [-0.2, -0.15) is 0 Å². The van der Waals surface area contributed by atoms with Crippen LogP contribution in [0.3, 0.4) is 0 Å². The molecule has 1 atom stereocenters. The van der Waals surface area contributed by atoms with Gasteiger partial charge in [-0.25, -0.2) is 4.98 Å². The Morgan fingerprint density at radius 2 is 2.00 bits per heavy atom. The molecule has 4 rings (SSSR count). The Labute approximate surface area is 124 Å². The van der Waals surface area contributed by atoms with Crippen LogP contribution in [0.25, 0.3) is 11.0 Å². The van der Waals surface area contributed by atoms with Gasteiger partial charge in [0.1, 0.15) is 5.82 Å². The number of hydrogen-bond donors (Lipinski definition) is 2. The highest BCUT2D eigenvalue weighted by Gasteiger charge is 2.36. The molecule has 5 nitrogen and oxygen atoms in total. The molecule has 2 aliphatic rings. The van der Waals surface area contributed by atoms with Gasteiger partial charge in [-0.15, -0.1) is 0 Å². The highest BCUT2D eigenvalue weighted by Crippen LogP contribution is 2.37. The summed E-state index contributed by atoms with van der Waals surface area (Å²) in [5.41, 5.74) is 1.98. The molecule has 21 heavy (non-hydrogen) atoms. The van der Waals surface area contributed by atoms with Crippen LogP contribution >= 0.6 is 0 Å². The molecule has 2 N–H and O–H groups in total. The van der Waals surface area contributed by atoms with Crippen molar-refractivity contribution in [1.82, 2.24) is 15.3 Å². The fourth-order valence-corrected chi connectivity index (χ4v) is 3.37. The first-order valence-electron chi connectivity index (χ1n) is 7.86. The number of hydrogen-bond acceptors (Lipinski definition) is 4. The van der Waals surface area contributed by atoms with E-state index in [4.69, 9.17) is 14.5 Å². The van der Waals surface area contributed by atoms with Crippen LogP contribution in [0.1, 0.15) is 38.4 Å². The Morgan fingerprint density at radius 1 is 1.19 bits per heavy atom. The maximum atomic E-state index is 5.75. The predicted octanol–water partition coefficient (Wildman–Crippen LogP) is 2.71. The van der Waals surface area contributed by atoms with E-state index in [0.29, 0.717) is 13.2 Å². The van der Waals surface area contributed by atoms with E-state index < -0.39 is 0 Å². The number of nitrogens with one attached hydrogen (secondary N) is 2. The molecule has 0 spiro atoms. The number of aromatic amines is 1. The van der Waals surface area contributed by atoms with Crippen molar-refractivity contribution in [3.63, 3.8) is 0 Å². The molecule has 1 unspecified atom stereocenters. The molecule has 1 fully saturated rings. The second-order valence-corrected chi connectivity index (χ2v) is 5.92. The number of rotatable bonds is 2. The summed E-state index contributed by atoms with van der Waals surface area (Å²) < 4.78 is 11.5. The third kappa shape index (κ3) is 2.07. The van der Waals surface area contributed by atoms with Crippen LogP contribution in [0, 0.1) is 0 Å². The number of aromatic nitrogens is 2. The average Bonchev–Trinajstić information content (AvgIpc) is 3.07. The average molecular weight is 287 g/mol. The molecule has 2 aliphatic heterocycles. The maximum absolute atomic E-state index is 5.75. The van der Waals surface area contributed by atoms with E-state index in [1.807, 2.05) is 12.1 Å². The van der Waals surface area contributed by atoms with Crippen molar-refractivity contribution in [2.75, 3.05) is 19.8 Å². The Bertz CT molecular complexity index is 616. The van der Waals surface area contributed by atoms with Crippen molar-refractivity contribution >= 4 is 11.0 Å². The van der Waals surface area contributed by atoms with Gasteiger partial charge in [0.2, 0.25) is 0 Å². The Balaban J connectivity index is 1.79. The zero-order chi connectivity index (χ0) is 14.3. The molecule has 0 saturated carbocycles. The molecule has 2 aromatic rings. The summed E-state index contributed by atoms with van der Waals surface area (Å²) in [6.07, 6.45) is 4.30. The third-order valence-corrected chi connectivity index (χ3v) is 4.65. The molecule has 0 radical (unpaired) electrons. The lowest BCUT2D eigenvalue weighted by Crippen LogP contribution is -2.37. The first-order valence-corrected chi connectivity index (χ1v) is 7.86. The molecule has 1 aromatic carbocycles. The number of H-pyrrole nitrogens is 1. The summed E-state index contributed by atoms with van der Waals surface area (Å²) in [5.74, 6) is 2.67. The number of imidazole rings is 1. The Kier molecular flexibility index (Phi) is 3.03. The number of ether oxygens (including phenoxy) is 2. The maximum Gasteiger partial charge on any atom is 0.163 e. The molecule has 1 aromatic heterocycles. The van der Waals surface area contributed by atoms with Gasteiger partial charge in [0.15, 0.2) is 11.5 Å². The molecule has 0 bridgehead atoms. The van der Waals surface area contributed by atoms with Crippen LogP contribution in [-0.2, 0) is 5.54 Å². The Hall–Kier alpha value is -1.75. The van der Waals surface area contributed by atoms with E-state index in [0.717, 1.165) is 54.2 Å².